The van der Waals surface area contributed by atoms with Crippen molar-refractivity contribution in [3.05, 3.63) is 80.0 Å². The number of thioether (sulfide) groups is 1. The van der Waals surface area contributed by atoms with Crippen molar-refractivity contribution in [1.82, 2.24) is 14.5 Å². The quantitative estimate of drug-likeness (QED) is 0.305. The number of nitrogens with zero attached hydrogens (tertiary/aromatic N) is 4. The summed E-state index contributed by atoms with van der Waals surface area (Å²) >= 11 is 2.47. The highest BCUT2D eigenvalue weighted by molar-refractivity contribution is 7.99. The molecule has 0 fully saturated rings. The summed E-state index contributed by atoms with van der Waals surface area (Å²) in [7, 11) is 0. The minimum Gasteiger partial charge on any atom is -0.297 e. The number of para-hydroxylation sites is 1. The average Bonchev–Trinajstić information content (AvgIpc) is 3.20. The fourth-order valence-electron chi connectivity index (χ4n) is 3.37. The summed E-state index contributed by atoms with van der Waals surface area (Å²) in [5.74, 6) is -1.18. The molecule has 0 radical (unpaired) electrons. The summed E-state index contributed by atoms with van der Waals surface area (Å²) in [6.45, 7) is 5.73. The number of Topliss-reactive ketones (excluding diaryl/α,β-unsaturated/α-hetero) is 1. The van der Waals surface area contributed by atoms with Crippen LogP contribution in [0.4, 0.5) is 0 Å². The number of nitriles is 1. The van der Waals surface area contributed by atoms with Crippen LogP contribution in [0.5, 0.6) is 0 Å². The Hall–Kier alpha value is -3.28. The van der Waals surface area contributed by atoms with E-state index in [-0.39, 0.29) is 17.1 Å². The van der Waals surface area contributed by atoms with Gasteiger partial charge in [-0.1, -0.05) is 36.0 Å². The first-order chi connectivity index (χ1) is 15.4. The molecule has 1 unspecified atom stereocenters. The molecule has 4 aromatic rings. The molecule has 2 aromatic carbocycles. The number of carbonyl (C=O) groups excluding carboxylic acids is 1. The second-order valence-corrected chi connectivity index (χ2v) is 9.32. The van der Waals surface area contributed by atoms with Gasteiger partial charge in [-0.15, -0.1) is 11.3 Å². The number of aryl methyl sites for hydroxylation is 3. The molecule has 0 spiro atoms. The third kappa shape index (κ3) is 4.22. The van der Waals surface area contributed by atoms with Gasteiger partial charge in [0.2, 0.25) is 0 Å². The van der Waals surface area contributed by atoms with E-state index in [1.54, 1.807) is 16.7 Å². The van der Waals surface area contributed by atoms with E-state index in [0.29, 0.717) is 21.1 Å². The fraction of sp³-hybridized carbons (Fsp3) is 0.208. The molecule has 0 saturated heterocycles. The topological polar surface area (TPSA) is 88.6 Å². The Morgan fingerprint density at radius 2 is 1.97 bits per heavy atom. The van der Waals surface area contributed by atoms with Crippen molar-refractivity contribution in [2.45, 2.75) is 31.8 Å². The number of rotatable bonds is 6. The zero-order valence-electron chi connectivity index (χ0n) is 17.8. The zero-order valence-corrected chi connectivity index (χ0v) is 19.5. The van der Waals surface area contributed by atoms with Gasteiger partial charge in [-0.3, -0.25) is 14.2 Å². The predicted octanol–water partition coefficient (Wildman–Crippen LogP) is 4.74. The molecule has 0 saturated carbocycles. The van der Waals surface area contributed by atoms with Crippen molar-refractivity contribution in [3.8, 4) is 11.8 Å². The molecule has 160 valence electrons. The smallest absolute Gasteiger partial charge is 0.266 e. The molecule has 2 heterocycles. The van der Waals surface area contributed by atoms with Gasteiger partial charge in [0.1, 0.15) is 5.01 Å². The van der Waals surface area contributed by atoms with Crippen LogP contribution in [-0.4, -0.2) is 26.1 Å². The second-order valence-electron chi connectivity index (χ2n) is 7.49. The van der Waals surface area contributed by atoms with Gasteiger partial charge in [0, 0.05) is 11.1 Å². The van der Waals surface area contributed by atoms with Gasteiger partial charge in [-0.05, 0) is 50.1 Å². The van der Waals surface area contributed by atoms with Crippen LogP contribution < -0.4 is 5.56 Å². The van der Waals surface area contributed by atoms with Crippen molar-refractivity contribution >= 4 is 39.8 Å². The van der Waals surface area contributed by atoms with Crippen molar-refractivity contribution in [2.24, 2.45) is 0 Å². The zero-order chi connectivity index (χ0) is 22.8. The average molecular weight is 461 g/mol. The van der Waals surface area contributed by atoms with Crippen LogP contribution in [0.15, 0.2) is 57.8 Å². The monoisotopic (exact) mass is 460 g/mol. The van der Waals surface area contributed by atoms with E-state index in [4.69, 9.17) is 4.98 Å². The maximum absolute atomic E-state index is 13.4. The number of fused-ring (bicyclic) bond motifs is 1. The van der Waals surface area contributed by atoms with Gasteiger partial charge in [-0.2, -0.15) is 5.26 Å². The standard InChI is InChI=1S/C24H20N4O2S2/c1-14-8-9-15(2)20(10-14)28-23(30)17-6-4-5-7-19(17)27-24(28)32-13-21(29)18(11-25)22-26-16(3)12-31-22/h4-10,12,18H,13H2,1-3H3. The predicted molar refractivity (Wildman–Crippen MR) is 128 cm³/mol. The lowest BCUT2D eigenvalue weighted by atomic mass is 10.1. The first-order valence-electron chi connectivity index (χ1n) is 9.95. The maximum atomic E-state index is 13.4. The van der Waals surface area contributed by atoms with E-state index in [2.05, 4.69) is 11.1 Å². The van der Waals surface area contributed by atoms with Crippen molar-refractivity contribution in [3.63, 3.8) is 0 Å². The minimum absolute atomic E-state index is 0.00645. The van der Waals surface area contributed by atoms with Crippen LogP contribution in [0, 0.1) is 32.1 Å². The van der Waals surface area contributed by atoms with Crippen LogP contribution in [0.3, 0.4) is 0 Å². The third-order valence-corrected chi connectivity index (χ3v) is 7.02. The Morgan fingerprint density at radius 3 is 2.69 bits per heavy atom. The normalized spacial score (nSPS) is 11.9. The Kier molecular flexibility index (Phi) is 6.21. The largest absolute Gasteiger partial charge is 0.297 e. The molecule has 2 aromatic heterocycles. The second kappa shape index (κ2) is 9.07. The molecule has 32 heavy (non-hydrogen) atoms. The number of hydrogen-bond acceptors (Lipinski definition) is 7. The highest BCUT2D eigenvalue weighted by Crippen LogP contribution is 2.27. The maximum Gasteiger partial charge on any atom is 0.266 e. The molecule has 6 nitrogen and oxygen atoms in total. The highest BCUT2D eigenvalue weighted by Gasteiger charge is 2.24. The Labute approximate surface area is 193 Å². The van der Waals surface area contributed by atoms with Crippen LogP contribution in [0.2, 0.25) is 0 Å². The number of ketones is 1. The van der Waals surface area contributed by atoms with Gasteiger partial charge in [-0.25, -0.2) is 9.97 Å². The molecule has 4 rings (SSSR count). The molecule has 0 aliphatic carbocycles. The SMILES string of the molecule is Cc1ccc(C)c(-n2c(SCC(=O)C(C#N)c3nc(C)cs3)nc3ccccc3c2=O)c1. The van der Waals surface area contributed by atoms with Gasteiger partial charge in [0.15, 0.2) is 16.9 Å². The van der Waals surface area contributed by atoms with E-state index >= 15 is 0 Å². The van der Waals surface area contributed by atoms with Crippen molar-refractivity contribution in [1.29, 1.82) is 5.26 Å². The Morgan fingerprint density at radius 1 is 1.19 bits per heavy atom. The van der Waals surface area contributed by atoms with Gasteiger partial charge in [0.05, 0.1) is 28.4 Å². The van der Waals surface area contributed by atoms with E-state index in [0.717, 1.165) is 22.5 Å². The van der Waals surface area contributed by atoms with Gasteiger partial charge in [0.25, 0.3) is 5.56 Å². The molecule has 0 amide bonds. The molecular formula is C24H20N4O2S2. The molecule has 1 atom stereocenters. The number of aromatic nitrogens is 3. The fourth-order valence-corrected chi connectivity index (χ4v) is 5.14. The lowest BCUT2D eigenvalue weighted by molar-refractivity contribution is -0.116. The number of hydrogen-bond donors (Lipinski definition) is 0. The minimum atomic E-state index is -0.928. The summed E-state index contributed by atoms with van der Waals surface area (Å²) in [4.78, 5) is 35.3. The summed E-state index contributed by atoms with van der Waals surface area (Å²) in [6, 6.07) is 15.1. The Bertz CT molecular complexity index is 1430. The highest BCUT2D eigenvalue weighted by atomic mass is 32.2. The van der Waals surface area contributed by atoms with E-state index < -0.39 is 5.92 Å². The lowest BCUT2D eigenvalue weighted by Gasteiger charge is -2.16. The van der Waals surface area contributed by atoms with Gasteiger partial charge >= 0.3 is 0 Å². The summed E-state index contributed by atoms with van der Waals surface area (Å²) in [5, 5.41) is 12.8. The molecular weight excluding hydrogens is 440 g/mol. The molecule has 8 heteroatoms. The first-order valence-corrected chi connectivity index (χ1v) is 11.8. The Balaban J connectivity index is 1.76. The lowest BCUT2D eigenvalue weighted by Crippen LogP contribution is -2.23. The number of thiazole rings is 1. The van der Waals surface area contributed by atoms with Crippen LogP contribution in [0.1, 0.15) is 27.7 Å². The number of benzene rings is 2. The molecule has 0 aliphatic rings. The van der Waals surface area contributed by atoms with Gasteiger partial charge < -0.3 is 0 Å². The molecule has 0 aliphatic heterocycles. The summed E-state index contributed by atoms with van der Waals surface area (Å²) in [5.41, 5.74) is 3.84. The third-order valence-electron chi connectivity index (χ3n) is 5.03. The van der Waals surface area contributed by atoms with Crippen LogP contribution in [-0.2, 0) is 4.79 Å². The first kappa shape index (κ1) is 21.9. The molecule has 0 N–H and O–H groups in total. The van der Waals surface area contributed by atoms with Crippen LogP contribution in [0.25, 0.3) is 16.6 Å². The summed E-state index contributed by atoms with van der Waals surface area (Å²) in [6.07, 6.45) is 0. The summed E-state index contributed by atoms with van der Waals surface area (Å²) < 4.78 is 1.57. The van der Waals surface area contributed by atoms with Crippen molar-refractivity contribution in [2.75, 3.05) is 5.75 Å². The van der Waals surface area contributed by atoms with E-state index in [1.165, 1.54) is 23.1 Å². The number of carbonyl (C=O) groups is 1. The van der Waals surface area contributed by atoms with Crippen LogP contribution >= 0.6 is 23.1 Å². The molecule has 0 bridgehead atoms. The van der Waals surface area contributed by atoms with E-state index in [1.807, 2.05) is 56.5 Å². The van der Waals surface area contributed by atoms with Crippen molar-refractivity contribution < 1.29 is 4.79 Å². The van der Waals surface area contributed by atoms with E-state index in [9.17, 15) is 14.9 Å².